The summed E-state index contributed by atoms with van der Waals surface area (Å²) in [6.45, 7) is 13.3. The zero-order valence-electron chi connectivity index (χ0n) is 24.5. The van der Waals surface area contributed by atoms with E-state index < -0.39 is 0 Å². The summed E-state index contributed by atoms with van der Waals surface area (Å²) in [4.78, 5) is 31.2. The Labute approximate surface area is 235 Å². The number of hydrogen-bond acceptors (Lipinski definition) is 4. The lowest BCUT2D eigenvalue weighted by molar-refractivity contribution is -0.117. The Morgan fingerprint density at radius 1 is 0.949 bits per heavy atom. The Morgan fingerprint density at radius 3 is 2.31 bits per heavy atom. The highest BCUT2D eigenvalue weighted by atomic mass is 16.2. The minimum absolute atomic E-state index is 0.00710. The predicted octanol–water partition coefficient (Wildman–Crippen LogP) is 6.47. The molecule has 2 fully saturated rings. The number of amides is 2. The molecule has 39 heavy (non-hydrogen) atoms. The lowest BCUT2D eigenvalue weighted by atomic mass is 9.84. The fraction of sp³-hybridized carbons (Fsp3) is 0.576. The maximum absolute atomic E-state index is 13.6. The summed E-state index contributed by atoms with van der Waals surface area (Å²) in [5, 5.41) is 6.38. The molecule has 1 aliphatic heterocycles. The van der Waals surface area contributed by atoms with Crippen molar-refractivity contribution in [2.24, 2.45) is 11.3 Å². The second-order valence-corrected chi connectivity index (χ2v) is 12.9. The van der Waals surface area contributed by atoms with Crippen molar-refractivity contribution < 1.29 is 9.59 Å². The predicted molar refractivity (Wildman–Crippen MR) is 161 cm³/mol. The fourth-order valence-electron chi connectivity index (χ4n) is 6.22. The molecule has 2 aliphatic rings. The zero-order chi connectivity index (χ0) is 27.8. The third-order valence-electron chi connectivity index (χ3n) is 7.92. The summed E-state index contributed by atoms with van der Waals surface area (Å²) in [5.41, 5.74) is 3.84. The second kappa shape index (κ2) is 13.5. The van der Waals surface area contributed by atoms with Crippen molar-refractivity contribution in [2.75, 3.05) is 36.4 Å². The Morgan fingerprint density at radius 2 is 1.64 bits per heavy atom. The molecule has 2 amide bonds. The van der Waals surface area contributed by atoms with Crippen molar-refractivity contribution in [3.05, 3.63) is 59.7 Å². The van der Waals surface area contributed by atoms with E-state index in [1.807, 2.05) is 18.2 Å². The normalized spacial score (nSPS) is 18.0. The third kappa shape index (κ3) is 9.10. The Balaban J connectivity index is 1.45. The average Bonchev–Trinajstić information content (AvgIpc) is 2.89. The van der Waals surface area contributed by atoms with E-state index in [0.29, 0.717) is 23.6 Å². The molecule has 0 spiro atoms. The van der Waals surface area contributed by atoms with E-state index in [-0.39, 0.29) is 23.3 Å². The molecule has 1 saturated heterocycles. The molecule has 6 heteroatoms. The number of nitrogens with zero attached hydrogens (tertiary/aromatic N) is 2. The molecule has 1 heterocycles. The van der Waals surface area contributed by atoms with Crippen LogP contribution in [0.1, 0.15) is 88.6 Å². The molecule has 6 nitrogen and oxygen atoms in total. The number of benzene rings is 2. The summed E-state index contributed by atoms with van der Waals surface area (Å²) in [5.74, 6) is 0.277. The van der Waals surface area contributed by atoms with Crippen molar-refractivity contribution in [1.82, 2.24) is 10.2 Å². The Kier molecular flexibility index (Phi) is 10.1. The minimum atomic E-state index is -0.0270. The molecule has 2 aromatic carbocycles. The van der Waals surface area contributed by atoms with E-state index in [4.69, 9.17) is 0 Å². The summed E-state index contributed by atoms with van der Waals surface area (Å²) < 4.78 is 0. The van der Waals surface area contributed by atoms with Crippen LogP contribution < -0.4 is 15.5 Å². The Hall–Kier alpha value is -2.86. The molecule has 1 saturated carbocycles. The van der Waals surface area contributed by atoms with Crippen LogP contribution in [0.4, 0.5) is 11.4 Å². The van der Waals surface area contributed by atoms with Gasteiger partial charge >= 0.3 is 0 Å². The molecule has 1 aliphatic carbocycles. The Bertz CT molecular complexity index is 1080. The molecular formula is C33H48N4O2. The number of nitrogens with one attached hydrogen (secondary N) is 2. The molecule has 0 aromatic heterocycles. The third-order valence-corrected chi connectivity index (χ3v) is 7.92. The van der Waals surface area contributed by atoms with E-state index in [9.17, 15) is 9.59 Å². The number of rotatable bonds is 9. The molecule has 212 valence electrons. The molecule has 0 bridgehead atoms. The van der Waals surface area contributed by atoms with Crippen molar-refractivity contribution in [1.29, 1.82) is 0 Å². The van der Waals surface area contributed by atoms with Crippen LogP contribution in [0.5, 0.6) is 0 Å². The zero-order valence-corrected chi connectivity index (χ0v) is 24.5. The highest BCUT2D eigenvalue weighted by Crippen LogP contribution is 2.29. The molecule has 1 atom stereocenters. The van der Waals surface area contributed by atoms with Gasteiger partial charge in [0.2, 0.25) is 5.91 Å². The van der Waals surface area contributed by atoms with Crippen LogP contribution in [-0.2, 0) is 11.3 Å². The summed E-state index contributed by atoms with van der Waals surface area (Å²) in [6, 6.07) is 16.7. The van der Waals surface area contributed by atoms with Gasteiger partial charge in [0.25, 0.3) is 5.91 Å². The van der Waals surface area contributed by atoms with Crippen LogP contribution in [0.25, 0.3) is 0 Å². The first-order valence-corrected chi connectivity index (χ1v) is 14.9. The van der Waals surface area contributed by atoms with E-state index in [1.165, 1.54) is 24.8 Å². The van der Waals surface area contributed by atoms with Gasteiger partial charge in [-0.15, -0.1) is 0 Å². The van der Waals surface area contributed by atoms with Crippen molar-refractivity contribution >= 4 is 23.2 Å². The monoisotopic (exact) mass is 532 g/mol. The minimum Gasteiger partial charge on any atom is -0.368 e. The fourth-order valence-corrected chi connectivity index (χ4v) is 6.22. The number of piperazine rings is 1. The molecule has 2 N–H and O–H groups in total. The van der Waals surface area contributed by atoms with Gasteiger partial charge in [-0.1, -0.05) is 77.3 Å². The van der Waals surface area contributed by atoms with Gasteiger partial charge in [0, 0.05) is 56.6 Å². The molecule has 0 radical (unpaired) electrons. The lowest BCUT2D eigenvalue weighted by Gasteiger charge is -2.37. The van der Waals surface area contributed by atoms with E-state index in [2.05, 4.69) is 78.5 Å². The van der Waals surface area contributed by atoms with Crippen LogP contribution in [0.2, 0.25) is 0 Å². The standard InChI is InChI=1S/C33H48N4O2/c1-25(23-33(2,3)4)21-31(38)34-28-15-16-30(29(22-28)32(39)35-27-13-9-6-10-14-27)37-19-17-36(18-20-37)24-26-11-7-5-8-12-26/h5,7-8,11-12,15-16,22,25,27H,6,9-10,13-14,17-21,23-24H2,1-4H3,(H,34,38)(H,35,39). The van der Waals surface area contributed by atoms with Crippen LogP contribution in [0, 0.1) is 11.3 Å². The van der Waals surface area contributed by atoms with E-state index in [0.717, 1.165) is 57.7 Å². The topological polar surface area (TPSA) is 64.7 Å². The van der Waals surface area contributed by atoms with Crippen molar-refractivity contribution in [3.8, 4) is 0 Å². The molecular weight excluding hydrogens is 484 g/mol. The van der Waals surface area contributed by atoms with E-state index >= 15 is 0 Å². The van der Waals surface area contributed by atoms with Crippen LogP contribution >= 0.6 is 0 Å². The average molecular weight is 533 g/mol. The maximum atomic E-state index is 13.6. The SMILES string of the molecule is CC(CC(=O)Nc1ccc(N2CCN(Cc3ccccc3)CC2)c(C(=O)NC2CCCCC2)c1)CC(C)(C)C. The summed E-state index contributed by atoms with van der Waals surface area (Å²) in [6.07, 6.45) is 7.15. The first-order chi connectivity index (χ1) is 18.7. The smallest absolute Gasteiger partial charge is 0.253 e. The lowest BCUT2D eigenvalue weighted by Crippen LogP contribution is -2.46. The van der Waals surface area contributed by atoms with Gasteiger partial charge in [-0.3, -0.25) is 14.5 Å². The van der Waals surface area contributed by atoms with Gasteiger partial charge in [-0.05, 0) is 54.4 Å². The van der Waals surface area contributed by atoms with Gasteiger partial charge in [0.1, 0.15) is 0 Å². The second-order valence-electron chi connectivity index (χ2n) is 12.9. The maximum Gasteiger partial charge on any atom is 0.253 e. The van der Waals surface area contributed by atoms with E-state index in [1.54, 1.807) is 0 Å². The largest absolute Gasteiger partial charge is 0.368 e. The van der Waals surface area contributed by atoms with Crippen molar-refractivity contribution in [3.63, 3.8) is 0 Å². The quantitative estimate of drug-likeness (QED) is 0.388. The van der Waals surface area contributed by atoms with Crippen LogP contribution in [0.15, 0.2) is 48.5 Å². The van der Waals surface area contributed by atoms with Gasteiger partial charge in [-0.2, -0.15) is 0 Å². The van der Waals surface area contributed by atoms with Crippen LogP contribution in [0.3, 0.4) is 0 Å². The number of anilines is 2. The van der Waals surface area contributed by atoms with Crippen LogP contribution in [-0.4, -0.2) is 48.9 Å². The molecule has 1 unspecified atom stereocenters. The first-order valence-electron chi connectivity index (χ1n) is 14.9. The van der Waals surface area contributed by atoms with Crippen molar-refractivity contribution in [2.45, 2.75) is 85.2 Å². The summed E-state index contributed by atoms with van der Waals surface area (Å²) in [7, 11) is 0. The molecule has 2 aromatic rings. The van der Waals surface area contributed by atoms with Gasteiger partial charge in [0.05, 0.1) is 5.56 Å². The molecule has 4 rings (SSSR count). The number of carbonyl (C=O) groups excluding carboxylic acids is 2. The van der Waals surface area contributed by atoms with Gasteiger partial charge in [-0.25, -0.2) is 0 Å². The highest BCUT2D eigenvalue weighted by Gasteiger charge is 2.25. The highest BCUT2D eigenvalue weighted by molar-refractivity contribution is 6.02. The first kappa shape index (κ1) is 29.1. The summed E-state index contributed by atoms with van der Waals surface area (Å²) >= 11 is 0. The number of hydrogen-bond donors (Lipinski definition) is 2. The van der Waals surface area contributed by atoms with Gasteiger partial charge < -0.3 is 15.5 Å². The number of carbonyl (C=O) groups is 2. The van der Waals surface area contributed by atoms with Gasteiger partial charge in [0.15, 0.2) is 0 Å².